The SMILES string of the molecule is O=C1c2ccccc2C(=O)N1CP(=O)(O)O. The Kier molecular flexibility index (Phi) is 2.42. The largest absolute Gasteiger partial charge is 0.345 e. The second-order valence-electron chi connectivity index (χ2n) is 3.39. The van der Waals surface area contributed by atoms with Crippen LogP contribution in [0.4, 0.5) is 0 Å². The van der Waals surface area contributed by atoms with E-state index in [1.807, 2.05) is 0 Å². The van der Waals surface area contributed by atoms with E-state index in [2.05, 4.69) is 0 Å². The Morgan fingerprint density at radius 2 is 1.50 bits per heavy atom. The second-order valence-corrected chi connectivity index (χ2v) is 5.00. The molecule has 1 aliphatic heterocycles. The van der Waals surface area contributed by atoms with Crippen LogP contribution in [0.1, 0.15) is 20.7 Å². The molecule has 0 atom stereocenters. The number of carbonyl (C=O) groups is 2. The van der Waals surface area contributed by atoms with Crippen LogP contribution < -0.4 is 0 Å². The Morgan fingerprint density at radius 3 is 1.88 bits per heavy atom. The fourth-order valence-electron chi connectivity index (χ4n) is 1.55. The van der Waals surface area contributed by atoms with Gasteiger partial charge < -0.3 is 9.79 Å². The minimum Gasteiger partial charge on any atom is -0.323 e. The van der Waals surface area contributed by atoms with E-state index in [1.54, 1.807) is 12.1 Å². The van der Waals surface area contributed by atoms with Gasteiger partial charge in [0.2, 0.25) is 0 Å². The van der Waals surface area contributed by atoms with Crippen LogP contribution in [0.3, 0.4) is 0 Å². The average Bonchev–Trinajstić information content (AvgIpc) is 2.43. The van der Waals surface area contributed by atoms with Gasteiger partial charge in [0.25, 0.3) is 11.8 Å². The first-order valence-corrected chi connectivity index (χ1v) is 6.20. The van der Waals surface area contributed by atoms with Crippen molar-refractivity contribution in [1.82, 2.24) is 4.90 Å². The molecule has 0 unspecified atom stereocenters. The predicted octanol–water partition coefficient (Wildman–Crippen LogP) is 0.418. The zero-order chi connectivity index (χ0) is 11.9. The molecule has 2 amide bonds. The zero-order valence-corrected chi connectivity index (χ0v) is 8.92. The lowest BCUT2D eigenvalue weighted by atomic mass is 10.1. The van der Waals surface area contributed by atoms with Crippen molar-refractivity contribution in [1.29, 1.82) is 0 Å². The minimum absolute atomic E-state index is 0.181. The molecule has 2 N–H and O–H groups in total. The summed E-state index contributed by atoms with van der Waals surface area (Å²) in [5.41, 5.74) is 0.363. The van der Waals surface area contributed by atoms with Gasteiger partial charge in [0.05, 0.1) is 11.1 Å². The molecule has 0 saturated carbocycles. The summed E-state index contributed by atoms with van der Waals surface area (Å²) in [5, 5.41) is 0. The molecule has 1 heterocycles. The van der Waals surface area contributed by atoms with E-state index in [-0.39, 0.29) is 11.1 Å². The average molecular weight is 241 g/mol. The number of rotatable bonds is 2. The van der Waals surface area contributed by atoms with Gasteiger partial charge in [0, 0.05) is 0 Å². The first-order chi connectivity index (χ1) is 7.40. The topological polar surface area (TPSA) is 94.9 Å². The van der Waals surface area contributed by atoms with Gasteiger partial charge in [-0.25, -0.2) is 0 Å². The number of amides is 2. The van der Waals surface area contributed by atoms with Gasteiger partial charge >= 0.3 is 7.60 Å². The number of imide groups is 1. The second kappa shape index (κ2) is 3.52. The fourth-order valence-corrected chi connectivity index (χ4v) is 2.18. The Balaban J connectivity index is 2.39. The molecular weight excluding hydrogens is 233 g/mol. The summed E-state index contributed by atoms with van der Waals surface area (Å²) < 4.78 is 10.8. The van der Waals surface area contributed by atoms with Crippen molar-refractivity contribution in [2.45, 2.75) is 0 Å². The molecule has 84 valence electrons. The van der Waals surface area contributed by atoms with Crippen molar-refractivity contribution in [3.05, 3.63) is 35.4 Å². The Labute approximate surface area is 90.7 Å². The monoisotopic (exact) mass is 241 g/mol. The van der Waals surface area contributed by atoms with Gasteiger partial charge in [0.15, 0.2) is 0 Å². The highest BCUT2D eigenvalue weighted by Crippen LogP contribution is 2.37. The van der Waals surface area contributed by atoms with E-state index >= 15 is 0 Å². The predicted molar refractivity (Wildman–Crippen MR) is 53.9 cm³/mol. The quantitative estimate of drug-likeness (QED) is 0.577. The van der Waals surface area contributed by atoms with Gasteiger partial charge in [-0.2, -0.15) is 0 Å². The molecule has 2 rings (SSSR count). The highest BCUT2D eigenvalue weighted by atomic mass is 31.2. The molecule has 1 aliphatic rings. The number of hydrogen-bond donors (Lipinski definition) is 2. The smallest absolute Gasteiger partial charge is 0.323 e. The van der Waals surface area contributed by atoms with Crippen molar-refractivity contribution in [2.24, 2.45) is 0 Å². The maximum Gasteiger partial charge on any atom is 0.345 e. The van der Waals surface area contributed by atoms with Crippen LogP contribution in [-0.2, 0) is 4.57 Å². The molecule has 0 spiro atoms. The molecule has 0 aromatic heterocycles. The first-order valence-electron chi connectivity index (χ1n) is 4.40. The van der Waals surface area contributed by atoms with Crippen LogP contribution >= 0.6 is 7.60 Å². The lowest BCUT2D eigenvalue weighted by Gasteiger charge is -2.13. The summed E-state index contributed by atoms with van der Waals surface area (Å²) in [5.74, 6) is -1.33. The third kappa shape index (κ3) is 1.78. The van der Waals surface area contributed by atoms with Crippen molar-refractivity contribution in [2.75, 3.05) is 6.29 Å². The van der Waals surface area contributed by atoms with Gasteiger partial charge in [-0.15, -0.1) is 0 Å². The molecular formula is C9H8NO5P. The van der Waals surface area contributed by atoms with Crippen molar-refractivity contribution in [3.8, 4) is 0 Å². The van der Waals surface area contributed by atoms with Gasteiger partial charge in [-0.05, 0) is 12.1 Å². The van der Waals surface area contributed by atoms with E-state index in [9.17, 15) is 14.2 Å². The lowest BCUT2D eigenvalue weighted by Crippen LogP contribution is -2.30. The van der Waals surface area contributed by atoms with Crippen LogP contribution in [0.2, 0.25) is 0 Å². The molecule has 0 bridgehead atoms. The number of nitrogens with zero attached hydrogens (tertiary/aromatic N) is 1. The van der Waals surface area contributed by atoms with E-state index in [4.69, 9.17) is 9.79 Å². The third-order valence-electron chi connectivity index (χ3n) is 2.20. The summed E-state index contributed by atoms with van der Waals surface area (Å²) >= 11 is 0. The standard InChI is InChI=1S/C9H8NO5P/c11-8-6-3-1-2-4-7(6)9(12)10(8)5-16(13,14)15/h1-4H,5H2,(H2,13,14,15). The summed E-state index contributed by atoms with van der Waals surface area (Å²) in [6, 6.07) is 6.08. The van der Waals surface area contributed by atoms with Crippen LogP contribution in [-0.4, -0.2) is 32.8 Å². The summed E-state index contributed by atoms with van der Waals surface area (Å²) in [7, 11) is -4.43. The molecule has 6 nitrogen and oxygen atoms in total. The molecule has 0 aliphatic carbocycles. The van der Waals surface area contributed by atoms with Crippen LogP contribution in [0.15, 0.2) is 24.3 Å². The van der Waals surface area contributed by atoms with Crippen molar-refractivity contribution < 1.29 is 23.9 Å². The molecule has 0 fully saturated rings. The Hall–Kier alpha value is -1.49. The Morgan fingerprint density at radius 1 is 1.06 bits per heavy atom. The maximum atomic E-state index is 11.6. The number of hydrogen-bond acceptors (Lipinski definition) is 3. The third-order valence-corrected chi connectivity index (χ3v) is 2.86. The summed E-state index contributed by atoms with van der Waals surface area (Å²) in [6.45, 7) is 0. The van der Waals surface area contributed by atoms with E-state index in [0.29, 0.717) is 4.90 Å². The van der Waals surface area contributed by atoms with E-state index in [0.717, 1.165) is 0 Å². The van der Waals surface area contributed by atoms with Crippen molar-refractivity contribution >= 4 is 19.4 Å². The number of benzene rings is 1. The van der Waals surface area contributed by atoms with Crippen LogP contribution in [0, 0.1) is 0 Å². The zero-order valence-electron chi connectivity index (χ0n) is 8.03. The van der Waals surface area contributed by atoms with Gasteiger partial charge in [-0.1, -0.05) is 12.1 Å². The molecule has 7 heteroatoms. The number of fused-ring (bicyclic) bond motifs is 1. The van der Waals surface area contributed by atoms with Crippen LogP contribution in [0.5, 0.6) is 0 Å². The molecule has 0 saturated heterocycles. The maximum absolute atomic E-state index is 11.6. The molecule has 1 aromatic carbocycles. The lowest BCUT2D eigenvalue weighted by molar-refractivity contribution is 0.0670. The van der Waals surface area contributed by atoms with Crippen molar-refractivity contribution in [3.63, 3.8) is 0 Å². The van der Waals surface area contributed by atoms with Crippen LogP contribution in [0.25, 0.3) is 0 Å². The highest BCUT2D eigenvalue weighted by Gasteiger charge is 2.38. The summed E-state index contributed by atoms with van der Waals surface area (Å²) in [4.78, 5) is 41.4. The normalized spacial score (nSPS) is 15.5. The summed E-state index contributed by atoms with van der Waals surface area (Å²) in [6.07, 6.45) is -0.876. The van der Waals surface area contributed by atoms with Gasteiger partial charge in [-0.3, -0.25) is 19.1 Å². The molecule has 0 radical (unpaired) electrons. The molecule has 1 aromatic rings. The first kappa shape index (κ1) is 11.0. The highest BCUT2D eigenvalue weighted by molar-refractivity contribution is 7.51. The van der Waals surface area contributed by atoms with Gasteiger partial charge in [0.1, 0.15) is 6.29 Å². The fraction of sp³-hybridized carbons (Fsp3) is 0.111. The minimum atomic E-state index is -4.43. The Bertz CT molecular complexity index is 485. The van der Waals surface area contributed by atoms with E-state index in [1.165, 1.54) is 12.1 Å². The van der Waals surface area contributed by atoms with E-state index < -0.39 is 25.7 Å². The number of carbonyl (C=O) groups excluding carboxylic acids is 2. The molecule has 16 heavy (non-hydrogen) atoms.